The van der Waals surface area contributed by atoms with E-state index in [1.54, 1.807) is 0 Å². The zero-order chi connectivity index (χ0) is 43.2. The minimum atomic E-state index is -0.490. The highest BCUT2D eigenvalue weighted by Crippen LogP contribution is 2.64. The first-order valence-electron chi connectivity index (χ1n) is 23.0. The number of benzene rings is 9. The van der Waals surface area contributed by atoms with Crippen molar-refractivity contribution in [3.8, 4) is 55.6 Å². The summed E-state index contributed by atoms with van der Waals surface area (Å²) in [6.07, 6.45) is 2.34. The van der Waals surface area contributed by atoms with Gasteiger partial charge in [0.2, 0.25) is 0 Å². The van der Waals surface area contributed by atoms with Crippen molar-refractivity contribution in [2.24, 2.45) is 0 Å². The smallest absolute Gasteiger partial charge is 0.0726 e. The minimum absolute atomic E-state index is 0.0541. The Morgan fingerprint density at radius 3 is 1.38 bits per heavy atom. The van der Waals surface area contributed by atoms with Gasteiger partial charge < -0.3 is 4.90 Å². The van der Waals surface area contributed by atoms with Crippen LogP contribution in [-0.2, 0) is 16.2 Å². The van der Waals surface area contributed by atoms with Crippen molar-refractivity contribution in [1.29, 1.82) is 0 Å². The molecular formula is C63H51N. The van der Waals surface area contributed by atoms with Crippen LogP contribution in [0.4, 0.5) is 17.1 Å². The van der Waals surface area contributed by atoms with Crippen LogP contribution in [0.1, 0.15) is 73.9 Å². The lowest BCUT2D eigenvalue weighted by Gasteiger charge is -2.42. The van der Waals surface area contributed by atoms with Crippen LogP contribution in [0.25, 0.3) is 55.6 Å². The van der Waals surface area contributed by atoms with Gasteiger partial charge in [0, 0.05) is 16.8 Å². The van der Waals surface area contributed by atoms with Gasteiger partial charge in [-0.05, 0) is 132 Å². The summed E-state index contributed by atoms with van der Waals surface area (Å²) < 4.78 is 0. The molecule has 0 bridgehead atoms. The molecule has 0 unspecified atom stereocenters. The number of rotatable bonds is 6. The van der Waals surface area contributed by atoms with E-state index in [0.29, 0.717) is 0 Å². The first-order chi connectivity index (χ1) is 31.2. The van der Waals surface area contributed by atoms with Crippen LogP contribution >= 0.6 is 0 Å². The topological polar surface area (TPSA) is 3.24 Å². The molecule has 1 heteroatoms. The molecule has 1 spiro atoms. The molecule has 3 aliphatic carbocycles. The average molecular weight is 822 g/mol. The van der Waals surface area contributed by atoms with E-state index in [0.717, 1.165) is 23.5 Å². The third kappa shape index (κ3) is 5.70. The number of hydrogen-bond acceptors (Lipinski definition) is 1. The summed E-state index contributed by atoms with van der Waals surface area (Å²) in [6.45, 7) is 9.74. The van der Waals surface area contributed by atoms with Gasteiger partial charge >= 0.3 is 0 Å². The van der Waals surface area contributed by atoms with E-state index in [-0.39, 0.29) is 10.8 Å². The van der Waals surface area contributed by atoms with Crippen molar-refractivity contribution in [2.75, 3.05) is 4.90 Å². The summed E-state index contributed by atoms with van der Waals surface area (Å²) in [7, 11) is 0. The molecule has 0 atom stereocenters. The van der Waals surface area contributed by atoms with Gasteiger partial charge in [0.15, 0.2) is 0 Å². The van der Waals surface area contributed by atoms with Crippen LogP contribution < -0.4 is 4.90 Å². The van der Waals surface area contributed by atoms with Crippen LogP contribution in [0.15, 0.2) is 212 Å². The van der Waals surface area contributed by atoms with E-state index in [1.165, 1.54) is 95.4 Å². The van der Waals surface area contributed by atoms with E-state index in [4.69, 9.17) is 0 Å². The van der Waals surface area contributed by atoms with Gasteiger partial charge in [0.1, 0.15) is 0 Å². The summed E-state index contributed by atoms with van der Waals surface area (Å²) >= 11 is 0. The second-order valence-corrected chi connectivity index (χ2v) is 19.5. The van der Waals surface area contributed by atoms with Crippen molar-refractivity contribution < 1.29 is 0 Å². The number of nitrogens with zero attached hydrogens (tertiary/aromatic N) is 1. The van der Waals surface area contributed by atoms with E-state index >= 15 is 0 Å². The molecule has 9 aromatic carbocycles. The van der Waals surface area contributed by atoms with Crippen molar-refractivity contribution in [1.82, 2.24) is 0 Å². The van der Waals surface area contributed by atoms with Gasteiger partial charge in [-0.3, -0.25) is 0 Å². The van der Waals surface area contributed by atoms with Gasteiger partial charge in [-0.25, -0.2) is 0 Å². The third-order valence-corrected chi connectivity index (χ3v) is 15.0. The molecule has 0 N–H and O–H groups in total. The Labute approximate surface area is 378 Å². The fraction of sp³-hybridized carbons (Fsp3) is 0.143. The van der Waals surface area contributed by atoms with Crippen LogP contribution in [-0.4, -0.2) is 0 Å². The van der Waals surface area contributed by atoms with Gasteiger partial charge in [0.25, 0.3) is 0 Å². The molecule has 0 fully saturated rings. The lowest BCUT2D eigenvalue weighted by Crippen LogP contribution is -2.33. The Hall–Kier alpha value is -7.22. The highest BCUT2D eigenvalue weighted by atomic mass is 15.1. The molecule has 0 heterocycles. The highest BCUT2D eigenvalue weighted by Gasteiger charge is 2.52. The Kier molecular flexibility index (Phi) is 8.66. The van der Waals surface area contributed by atoms with Crippen LogP contribution in [0, 0.1) is 0 Å². The maximum Gasteiger partial charge on any atom is 0.0726 e. The van der Waals surface area contributed by atoms with Crippen LogP contribution in [0.2, 0.25) is 0 Å². The molecule has 9 aromatic rings. The molecule has 0 amide bonds. The second kappa shape index (κ2) is 14.4. The van der Waals surface area contributed by atoms with Crippen molar-refractivity contribution in [3.05, 3.63) is 246 Å². The van der Waals surface area contributed by atoms with E-state index in [1.807, 2.05) is 0 Å². The summed E-state index contributed by atoms with van der Waals surface area (Å²) in [6, 6.07) is 79.9. The van der Waals surface area contributed by atoms with Crippen LogP contribution in [0.3, 0.4) is 0 Å². The predicted octanol–water partition coefficient (Wildman–Crippen LogP) is 16.8. The molecule has 0 aliphatic heterocycles. The van der Waals surface area contributed by atoms with Gasteiger partial charge in [-0.2, -0.15) is 0 Å². The van der Waals surface area contributed by atoms with Crippen molar-refractivity contribution in [2.45, 2.75) is 56.8 Å². The maximum absolute atomic E-state index is 2.59. The molecule has 308 valence electrons. The number of hydrogen-bond donors (Lipinski definition) is 0. The molecule has 0 radical (unpaired) electrons. The summed E-state index contributed by atoms with van der Waals surface area (Å²) in [5.74, 6) is 0. The quantitative estimate of drug-likeness (QED) is 0.161. The minimum Gasteiger partial charge on any atom is -0.309 e. The summed E-state index contributed by atoms with van der Waals surface area (Å²) in [5.41, 5.74) is 23.9. The molecule has 0 aromatic heterocycles. The second-order valence-electron chi connectivity index (χ2n) is 19.5. The highest BCUT2D eigenvalue weighted by molar-refractivity contribution is 6.01. The largest absolute Gasteiger partial charge is 0.309 e. The zero-order valence-electron chi connectivity index (χ0n) is 37.1. The Bertz CT molecular complexity index is 3220. The monoisotopic (exact) mass is 821 g/mol. The predicted molar refractivity (Wildman–Crippen MR) is 269 cm³/mol. The fourth-order valence-electron chi connectivity index (χ4n) is 11.7. The lowest BCUT2D eigenvalue weighted by molar-refractivity contribution is 0.332. The Morgan fingerprint density at radius 2 is 0.766 bits per heavy atom. The average Bonchev–Trinajstić information content (AvgIpc) is 3.81. The standard InChI is InChI=1S/C63H51N/c1-61(2)37-38-62(3,4)58-39-45(33-36-56(58)61)51-40-52-50-26-13-17-29-55(50)63(53-27-15-11-24-48(53)49-25-12-16-28-54(49)63)57(52)41-60(51)64(46-34-31-43(32-35-46)42-19-7-5-8-20-42)59-30-18-14-23-47(59)44-21-9-6-10-22-44/h5-36,39-41H,37-38H2,1-4H3. The van der Waals surface area contributed by atoms with Crippen molar-refractivity contribution >= 4 is 17.1 Å². The fourth-order valence-corrected chi connectivity index (χ4v) is 11.7. The van der Waals surface area contributed by atoms with E-state index < -0.39 is 5.41 Å². The summed E-state index contributed by atoms with van der Waals surface area (Å²) in [5, 5.41) is 0. The van der Waals surface area contributed by atoms with E-state index in [2.05, 4.69) is 245 Å². The normalized spacial score (nSPS) is 15.4. The third-order valence-electron chi connectivity index (χ3n) is 15.0. The SMILES string of the molecule is CC1(C)CCC(C)(C)c2cc(-c3cc4c(cc3N(c3ccc(-c5ccccc5)cc3)c3ccccc3-c3ccccc3)C3(c5ccccc5-c5ccccc53)c3ccccc3-4)ccc21. The first kappa shape index (κ1) is 38.5. The number of anilines is 3. The Morgan fingerprint density at radius 1 is 0.297 bits per heavy atom. The molecule has 1 nitrogen and oxygen atoms in total. The number of para-hydroxylation sites is 1. The maximum atomic E-state index is 2.59. The first-order valence-corrected chi connectivity index (χ1v) is 23.0. The molecule has 0 saturated carbocycles. The van der Waals surface area contributed by atoms with Crippen LogP contribution in [0.5, 0.6) is 0 Å². The summed E-state index contributed by atoms with van der Waals surface area (Å²) in [4.78, 5) is 2.56. The molecule has 3 aliphatic rings. The molecule has 0 saturated heterocycles. The molecular weight excluding hydrogens is 771 g/mol. The van der Waals surface area contributed by atoms with Crippen molar-refractivity contribution in [3.63, 3.8) is 0 Å². The van der Waals surface area contributed by atoms with Gasteiger partial charge in [-0.15, -0.1) is 0 Å². The van der Waals surface area contributed by atoms with E-state index in [9.17, 15) is 0 Å². The molecule has 64 heavy (non-hydrogen) atoms. The Balaban J connectivity index is 1.21. The zero-order valence-corrected chi connectivity index (χ0v) is 37.1. The lowest BCUT2D eigenvalue weighted by atomic mass is 9.63. The van der Waals surface area contributed by atoms with Gasteiger partial charge in [0.05, 0.1) is 16.8 Å². The molecule has 12 rings (SSSR count). The van der Waals surface area contributed by atoms with Gasteiger partial charge in [-0.1, -0.05) is 210 Å². The number of fused-ring (bicyclic) bond motifs is 11.